The third kappa shape index (κ3) is 4.36. The van der Waals surface area contributed by atoms with Crippen molar-refractivity contribution in [2.75, 3.05) is 0 Å². The van der Waals surface area contributed by atoms with Gasteiger partial charge in [0.25, 0.3) is 0 Å². The van der Waals surface area contributed by atoms with E-state index >= 15 is 0 Å². The van der Waals surface area contributed by atoms with Crippen LogP contribution in [0.2, 0.25) is 5.31 Å². The molecule has 2 unspecified atom stereocenters. The smallest absolute Gasteiger partial charge is 0.321 e. The molecule has 1 saturated heterocycles. The van der Waals surface area contributed by atoms with Crippen molar-refractivity contribution in [2.24, 2.45) is 5.92 Å². The predicted octanol–water partition coefficient (Wildman–Crippen LogP) is 2.99. The summed E-state index contributed by atoms with van der Waals surface area (Å²) in [7, 11) is 2.80. The average Bonchev–Trinajstić information content (AvgIpc) is 2.43. The molecule has 1 fully saturated rings. The van der Waals surface area contributed by atoms with Crippen LogP contribution in [0, 0.1) is 5.92 Å². The Hall–Kier alpha value is 0.105. The predicted molar refractivity (Wildman–Crippen MR) is 81.1 cm³/mol. The van der Waals surface area contributed by atoms with E-state index in [1.54, 1.807) is 0 Å². The molecule has 0 radical (unpaired) electrons. The highest BCUT2D eigenvalue weighted by atomic mass is 127. The summed E-state index contributed by atoms with van der Waals surface area (Å²) >= 11 is 2.38. The molecule has 1 heterocycles. The van der Waals surface area contributed by atoms with Gasteiger partial charge in [-0.05, 0) is 18.7 Å². The van der Waals surface area contributed by atoms with Gasteiger partial charge in [0.1, 0.15) is 0 Å². The van der Waals surface area contributed by atoms with Gasteiger partial charge in [0.15, 0.2) is 0 Å². The molecule has 0 aromatic heterocycles. The van der Waals surface area contributed by atoms with Crippen LogP contribution in [0.5, 0.6) is 0 Å². The van der Waals surface area contributed by atoms with Crippen molar-refractivity contribution in [3.05, 3.63) is 11.6 Å². The van der Waals surface area contributed by atoms with E-state index in [4.69, 9.17) is 0 Å². The van der Waals surface area contributed by atoms with Gasteiger partial charge in [0.2, 0.25) is 4.29 Å². The van der Waals surface area contributed by atoms with Gasteiger partial charge in [0, 0.05) is 0 Å². The van der Waals surface area contributed by atoms with Crippen molar-refractivity contribution < 1.29 is 14.3 Å². The van der Waals surface area contributed by atoms with Crippen molar-refractivity contribution in [1.29, 1.82) is 0 Å². The zero-order valence-corrected chi connectivity index (χ0v) is 13.6. The van der Waals surface area contributed by atoms with Gasteiger partial charge in [-0.15, -0.1) is 22.4 Å². The standard InChI is InChI=1S/C11H17BIO3P/c1-7(6-11(2,3)12(13)17)4-8-5-9(14)16-10(8)15/h4,8H,5-6,17H2,1-3H3/b7-4+. The third-order valence-electron chi connectivity index (χ3n) is 2.87. The number of carbonyl (C=O) groups is 2. The number of hydrogen-bond donors (Lipinski definition) is 0. The van der Waals surface area contributed by atoms with Gasteiger partial charge in [-0.2, -0.15) is 9.12 Å². The van der Waals surface area contributed by atoms with Crippen LogP contribution in [-0.4, -0.2) is 16.2 Å². The maximum absolute atomic E-state index is 11.3. The normalized spacial score (nSPS) is 21.7. The molecule has 1 aliphatic heterocycles. The molecule has 3 nitrogen and oxygen atoms in total. The van der Waals surface area contributed by atoms with Crippen LogP contribution in [0.1, 0.15) is 33.6 Å². The van der Waals surface area contributed by atoms with Gasteiger partial charge < -0.3 is 4.74 Å². The first-order valence-electron chi connectivity index (χ1n) is 5.54. The highest BCUT2D eigenvalue weighted by Crippen LogP contribution is 2.41. The fourth-order valence-electron chi connectivity index (χ4n) is 1.84. The lowest BCUT2D eigenvalue weighted by molar-refractivity contribution is -0.152. The average molecular weight is 366 g/mol. The van der Waals surface area contributed by atoms with E-state index in [2.05, 4.69) is 50.1 Å². The van der Waals surface area contributed by atoms with E-state index in [1.165, 1.54) is 0 Å². The van der Waals surface area contributed by atoms with E-state index in [0.29, 0.717) is 4.29 Å². The van der Waals surface area contributed by atoms with Crippen LogP contribution in [0.25, 0.3) is 0 Å². The minimum Gasteiger partial charge on any atom is -0.393 e. The lowest BCUT2D eigenvalue weighted by Crippen LogP contribution is -2.16. The van der Waals surface area contributed by atoms with E-state index < -0.39 is 11.9 Å². The molecule has 2 atom stereocenters. The van der Waals surface area contributed by atoms with Crippen molar-refractivity contribution in [2.45, 2.75) is 38.9 Å². The van der Waals surface area contributed by atoms with Crippen LogP contribution in [0.15, 0.2) is 11.6 Å². The monoisotopic (exact) mass is 366 g/mol. The molecule has 0 aliphatic carbocycles. The first-order chi connectivity index (χ1) is 7.72. The summed E-state index contributed by atoms with van der Waals surface area (Å²) in [6.07, 6.45) is 2.96. The second-order valence-corrected chi connectivity index (χ2v) is 8.55. The number of hydrogen-bond acceptors (Lipinski definition) is 3. The van der Waals surface area contributed by atoms with Crippen LogP contribution >= 0.6 is 31.5 Å². The highest BCUT2D eigenvalue weighted by molar-refractivity contribution is 14.1. The summed E-state index contributed by atoms with van der Waals surface area (Å²) in [5.41, 5.74) is 1.13. The van der Waals surface area contributed by atoms with Crippen LogP contribution in [0.3, 0.4) is 0 Å². The highest BCUT2D eigenvalue weighted by Gasteiger charge is 2.33. The van der Waals surface area contributed by atoms with Crippen molar-refractivity contribution >= 4 is 47.7 Å². The molecule has 6 heteroatoms. The Morgan fingerprint density at radius 1 is 1.65 bits per heavy atom. The van der Waals surface area contributed by atoms with Gasteiger partial charge in [-0.25, -0.2) is 0 Å². The fraction of sp³-hybridized carbons (Fsp3) is 0.636. The molecular formula is C11H17BIO3P. The van der Waals surface area contributed by atoms with Gasteiger partial charge in [0.05, 0.1) is 12.3 Å². The Balaban J connectivity index is 2.67. The summed E-state index contributed by atoms with van der Waals surface area (Å²) < 4.78 is 4.98. The molecule has 0 aromatic rings. The number of ether oxygens (including phenoxy) is 1. The van der Waals surface area contributed by atoms with Gasteiger partial charge in [-0.3, -0.25) is 9.59 Å². The maximum atomic E-state index is 11.3. The first kappa shape index (κ1) is 15.2. The van der Waals surface area contributed by atoms with Crippen molar-refractivity contribution in [3.63, 3.8) is 0 Å². The van der Waals surface area contributed by atoms with E-state index in [0.717, 1.165) is 12.0 Å². The SMILES string of the molecule is C/C(=C\C1CC(=O)OC1=O)CC(C)(C)B(P)I. The minimum absolute atomic E-state index is 0.151. The lowest BCUT2D eigenvalue weighted by Gasteiger charge is -2.26. The Kier molecular flexibility index (Phi) is 5.20. The molecule has 0 bridgehead atoms. The molecule has 1 rings (SSSR count). The molecule has 0 aromatic carbocycles. The zero-order valence-electron chi connectivity index (χ0n) is 10.3. The van der Waals surface area contributed by atoms with E-state index in [1.807, 2.05) is 13.0 Å². The van der Waals surface area contributed by atoms with Crippen LogP contribution < -0.4 is 0 Å². The fourth-order valence-corrected chi connectivity index (χ4v) is 2.18. The number of carbonyl (C=O) groups excluding carboxylic acids is 2. The van der Waals surface area contributed by atoms with Crippen LogP contribution in [-0.2, 0) is 14.3 Å². The molecule has 0 spiro atoms. The molecule has 0 saturated carbocycles. The topological polar surface area (TPSA) is 43.4 Å². The van der Waals surface area contributed by atoms with Gasteiger partial charge >= 0.3 is 11.9 Å². The Bertz CT molecular complexity index is 366. The summed E-state index contributed by atoms with van der Waals surface area (Å²) in [5.74, 6) is -1.21. The van der Waals surface area contributed by atoms with E-state index in [-0.39, 0.29) is 17.7 Å². The number of rotatable bonds is 4. The number of cyclic esters (lactones) is 2. The summed E-state index contributed by atoms with van der Waals surface area (Å²) in [4.78, 5) is 22.3. The number of esters is 2. The van der Waals surface area contributed by atoms with Crippen LogP contribution in [0.4, 0.5) is 0 Å². The Morgan fingerprint density at radius 3 is 2.65 bits per heavy atom. The van der Waals surface area contributed by atoms with Crippen molar-refractivity contribution in [1.82, 2.24) is 0 Å². The largest absolute Gasteiger partial charge is 0.393 e. The molecule has 17 heavy (non-hydrogen) atoms. The number of allylic oxidation sites excluding steroid dienone is 1. The summed E-state index contributed by atoms with van der Waals surface area (Å²) in [6.45, 7) is 6.38. The second kappa shape index (κ2) is 5.83. The zero-order chi connectivity index (χ0) is 13.2. The summed E-state index contributed by atoms with van der Waals surface area (Å²) in [6, 6.07) is 0. The van der Waals surface area contributed by atoms with E-state index in [9.17, 15) is 9.59 Å². The molecule has 0 amide bonds. The number of halogens is 1. The molecular weight excluding hydrogens is 349 g/mol. The lowest BCUT2D eigenvalue weighted by atomic mass is 9.67. The summed E-state index contributed by atoms with van der Waals surface area (Å²) in [5, 5.41) is 0.151. The quantitative estimate of drug-likeness (QED) is 0.192. The molecule has 0 N–H and O–H groups in total. The maximum Gasteiger partial charge on any atom is 0.321 e. The first-order valence-corrected chi connectivity index (χ1v) is 7.45. The molecule has 94 valence electrons. The van der Waals surface area contributed by atoms with Crippen molar-refractivity contribution in [3.8, 4) is 0 Å². The molecule has 1 aliphatic rings. The second-order valence-electron chi connectivity index (χ2n) is 5.18. The minimum atomic E-state index is -0.416. The Labute approximate surface area is 118 Å². The van der Waals surface area contributed by atoms with Gasteiger partial charge in [-0.1, -0.05) is 25.5 Å². The third-order valence-corrected chi connectivity index (χ3v) is 5.46. The Morgan fingerprint density at radius 2 is 2.24 bits per heavy atom.